The summed E-state index contributed by atoms with van der Waals surface area (Å²) in [4.78, 5) is 30.3. The number of hydrogen-bond donors (Lipinski definition) is 0. The average Bonchev–Trinajstić information content (AvgIpc) is 3.05. The first-order chi connectivity index (χ1) is 15.0. The number of carbonyl (C=O) groups is 2. The lowest BCUT2D eigenvalue weighted by molar-refractivity contribution is -0.121. The molecule has 0 N–H and O–H groups in total. The fraction of sp³-hybridized carbons (Fsp3) is 0.360. The molecule has 0 unspecified atom stereocenters. The van der Waals surface area contributed by atoms with Gasteiger partial charge in [0.25, 0.3) is 11.8 Å². The highest BCUT2D eigenvalue weighted by atomic mass is 16.5. The molecule has 6 nitrogen and oxygen atoms in total. The Balaban J connectivity index is 1.74. The van der Waals surface area contributed by atoms with Gasteiger partial charge in [-0.15, -0.1) is 0 Å². The number of imide groups is 1. The molecule has 162 valence electrons. The van der Waals surface area contributed by atoms with E-state index in [2.05, 4.69) is 13.8 Å². The summed E-state index contributed by atoms with van der Waals surface area (Å²) in [6, 6.07) is 15.0. The van der Waals surface area contributed by atoms with Crippen molar-refractivity contribution in [3.63, 3.8) is 0 Å². The molecule has 6 heteroatoms. The number of anilines is 1. The van der Waals surface area contributed by atoms with E-state index in [0.717, 1.165) is 11.3 Å². The molecular formula is C25H28N2O4. The first-order valence-corrected chi connectivity index (χ1v) is 10.8. The summed E-state index contributed by atoms with van der Waals surface area (Å²) < 4.78 is 11.0. The van der Waals surface area contributed by atoms with Gasteiger partial charge in [0.1, 0.15) is 11.4 Å². The van der Waals surface area contributed by atoms with Crippen LogP contribution >= 0.6 is 0 Å². The highest BCUT2D eigenvalue weighted by Crippen LogP contribution is 2.36. The maximum Gasteiger partial charge on any atom is 0.282 e. The minimum atomic E-state index is -0.298. The largest absolute Gasteiger partial charge is 0.494 e. The molecule has 2 aromatic carbocycles. The molecule has 1 fully saturated rings. The number of hydrogen-bond acceptors (Lipinski definition) is 5. The predicted molar refractivity (Wildman–Crippen MR) is 120 cm³/mol. The van der Waals surface area contributed by atoms with Crippen molar-refractivity contribution in [3.8, 4) is 5.75 Å². The van der Waals surface area contributed by atoms with E-state index in [1.807, 2.05) is 60.4 Å². The second-order valence-corrected chi connectivity index (χ2v) is 7.97. The van der Waals surface area contributed by atoms with Gasteiger partial charge < -0.3 is 14.4 Å². The standard InChI is InChI=1S/C25H28N2O4/c1-4-31-21-11-7-19(8-12-21)22-23(26-13-15-30-16-14-26)25(29)27(24(22)28)20-9-5-18(6-10-20)17(2)3/h5-12,17H,4,13-16H2,1-3H3. The van der Waals surface area contributed by atoms with Crippen molar-refractivity contribution in [1.82, 2.24) is 4.90 Å². The molecule has 0 atom stereocenters. The van der Waals surface area contributed by atoms with Crippen molar-refractivity contribution >= 4 is 23.1 Å². The van der Waals surface area contributed by atoms with E-state index in [1.54, 1.807) is 0 Å². The molecule has 0 bridgehead atoms. The van der Waals surface area contributed by atoms with E-state index in [9.17, 15) is 9.59 Å². The quantitative estimate of drug-likeness (QED) is 0.665. The monoisotopic (exact) mass is 420 g/mol. The van der Waals surface area contributed by atoms with Crippen LogP contribution in [-0.4, -0.2) is 49.6 Å². The Hall–Kier alpha value is -3.12. The minimum Gasteiger partial charge on any atom is -0.494 e. The Morgan fingerprint density at radius 2 is 1.58 bits per heavy atom. The first kappa shape index (κ1) is 21.1. The van der Waals surface area contributed by atoms with Crippen molar-refractivity contribution in [1.29, 1.82) is 0 Å². The van der Waals surface area contributed by atoms with Gasteiger partial charge in [-0.25, -0.2) is 4.90 Å². The summed E-state index contributed by atoms with van der Waals surface area (Å²) >= 11 is 0. The minimum absolute atomic E-state index is 0.284. The third kappa shape index (κ3) is 4.08. The lowest BCUT2D eigenvalue weighted by Gasteiger charge is -2.29. The summed E-state index contributed by atoms with van der Waals surface area (Å²) in [5.74, 6) is 0.527. The van der Waals surface area contributed by atoms with Crippen LogP contribution in [0, 0.1) is 0 Å². The number of amides is 2. The Labute approximate surface area is 183 Å². The Bertz CT molecular complexity index is 987. The van der Waals surface area contributed by atoms with Gasteiger partial charge in [0, 0.05) is 13.1 Å². The van der Waals surface area contributed by atoms with Crippen LogP contribution in [0.1, 0.15) is 37.8 Å². The van der Waals surface area contributed by atoms with Crippen molar-refractivity contribution < 1.29 is 19.1 Å². The van der Waals surface area contributed by atoms with Gasteiger partial charge in [0.2, 0.25) is 0 Å². The second-order valence-electron chi connectivity index (χ2n) is 7.97. The summed E-state index contributed by atoms with van der Waals surface area (Å²) in [6.45, 7) is 8.94. The number of rotatable bonds is 6. The SMILES string of the molecule is CCOc1ccc(C2=C(N3CCOCC3)C(=O)N(c3ccc(C(C)C)cc3)C2=O)cc1. The van der Waals surface area contributed by atoms with Crippen LogP contribution < -0.4 is 9.64 Å². The highest BCUT2D eigenvalue weighted by molar-refractivity contribution is 6.45. The summed E-state index contributed by atoms with van der Waals surface area (Å²) in [5, 5.41) is 0. The van der Waals surface area contributed by atoms with E-state index >= 15 is 0 Å². The van der Waals surface area contributed by atoms with Crippen molar-refractivity contribution in [2.24, 2.45) is 0 Å². The van der Waals surface area contributed by atoms with Crippen LogP contribution in [0.25, 0.3) is 5.57 Å². The number of carbonyl (C=O) groups excluding carboxylic acids is 2. The molecule has 2 amide bonds. The Morgan fingerprint density at radius 3 is 2.16 bits per heavy atom. The highest BCUT2D eigenvalue weighted by Gasteiger charge is 2.42. The van der Waals surface area contributed by atoms with Crippen LogP contribution in [0.15, 0.2) is 54.2 Å². The van der Waals surface area contributed by atoms with Gasteiger partial charge in [0.05, 0.1) is 31.1 Å². The van der Waals surface area contributed by atoms with Crippen LogP contribution in [0.4, 0.5) is 5.69 Å². The van der Waals surface area contributed by atoms with Crippen LogP contribution in [0.5, 0.6) is 5.75 Å². The molecule has 31 heavy (non-hydrogen) atoms. The molecule has 1 saturated heterocycles. The Kier molecular flexibility index (Phi) is 6.09. The molecule has 0 saturated carbocycles. The molecule has 2 aromatic rings. The van der Waals surface area contributed by atoms with E-state index in [1.165, 1.54) is 4.90 Å². The number of benzene rings is 2. The third-order valence-electron chi connectivity index (χ3n) is 5.66. The molecule has 2 aliphatic rings. The third-order valence-corrected chi connectivity index (χ3v) is 5.66. The lowest BCUT2D eigenvalue weighted by Crippen LogP contribution is -2.40. The Morgan fingerprint density at radius 1 is 0.935 bits per heavy atom. The van der Waals surface area contributed by atoms with Gasteiger partial charge >= 0.3 is 0 Å². The van der Waals surface area contributed by atoms with Gasteiger partial charge in [0.15, 0.2) is 0 Å². The van der Waals surface area contributed by atoms with Crippen molar-refractivity contribution in [2.45, 2.75) is 26.7 Å². The molecule has 2 aliphatic heterocycles. The molecule has 0 aromatic heterocycles. The van der Waals surface area contributed by atoms with E-state index in [0.29, 0.717) is 61.3 Å². The predicted octanol–water partition coefficient (Wildman–Crippen LogP) is 3.83. The lowest BCUT2D eigenvalue weighted by atomic mass is 10.0. The van der Waals surface area contributed by atoms with Crippen LogP contribution in [-0.2, 0) is 14.3 Å². The average molecular weight is 421 g/mol. The normalized spacial score (nSPS) is 17.2. The fourth-order valence-electron chi connectivity index (χ4n) is 3.99. The molecule has 2 heterocycles. The summed E-state index contributed by atoms with van der Waals surface area (Å²) in [6.07, 6.45) is 0. The van der Waals surface area contributed by atoms with Crippen LogP contribution in [0.2, 0.25) is 0 Å². The second kappa shape index (κ2) is 8.94. The fourth-order valence-corrected chi connectivity index (χ4v) is 3.99. The van der Waals surface area contributed by atoms with Crippen molar-refractivity contribution in [2.75, 3.05) is 37.8 Å². The smallest absolute Gasteiger partial charge is 0.282 e. The molecular weight excluding hydrogens is 392 g/mol. The molecule has 4 rings (SSSR count). The maximum absolute atomic E-state index is 13.6. The maximum atomic E-state index is 13.6. The molecule has 0 radical (unpaired) electrons. The number of ether oxygens (including phenoxy) is 2. The van der Waals surface area contributed by atoms with Gasteiger partial charge in [-0.2, -0.15) is 0 Å². The zero-order chi connectivity index (χ0) is 22.0. The molecule has 0 spiro atoms. The molecule has 0 aliphatic carbocycles. The van der Waals surface area contributed by atoms with Gasteiger partial charge in [-0.05, 0) is 48.2 Å². The zero-order valence-electron chi connectivity index (χ0n) is 18.3. The van der Waals surface area contributed by atoms with Crippen molar-refractivity contribution in [3.05, 3.63) is 65.4 Å². The first-order valence-electron chi connectivity index (χ1n) is 10.8. The summed E-state index contributed by atoms with van der Waals surface area (Å²) in [7, 11) is 0. The van der Waals surface area contributed by atoms with E-state index in [-0.39, 0.29) is 11.8 Å². The zero-order valence-corrected chi connectivity index (χ0v) is 18.3. The topological polar surface area (TPSA) is 59.1 Å². The summed E-state index contributed by atoms with van der Waals surface area (Å²) in [5.41, 5.74) is 3.35. The van der Waals surface area contributed by atoms with Gasteiger partial charge in [-0.3, -0.25) is 9.59 Å². The van der Waals surface area contributed by atoms with E-state index in [4.69, 9.17) is 9.47 Å². The van der Waals surface area contributed by atoms with Crippen LogP contribution in [0.3, 0.4) is 0 Å². The van der Waals surface area contributed by atoms with Gasteiger partial charge in [-0.1, -0.05) is 38.1 Å². The number of nitrogens with zero attached hydrogens (tertiary/aromatic N) is 2. The number of morpholine rings is 1. The van der Waals surface area contributed by atoms with E-state index < -0.39 is 0 Å².